The Morgan fingerprint density at radius 1 is 1.29 bits per heavy atom. The molecule has 4 rings (SSSR count). The average molecular weight is 400 g/mol. The third-order valence-electron chi connectivity index (χ3n) is 5.31. The van der Waals surface area contributed by atoms with Crippen molar-refractivity contribution in [1.82, 2.24) is 19.4 Å². The minimum absolute atomic E-state index is 0.116. The molecule has 0 bridgehead atoms. The maximum Gasteiger partial charge on any atom is 0.296 e. The van der Waals surface area contributed by atoms with Crippen molar-refractivity contribution in [2.75, 3.05) is 44.3 Å². The Morgan fingerprint density at radius 2 is 2.07 bits per heavy atom. The van der Waals surface area contributed by atoms with Crippen LogP contribution in [0.4, 0.5) is 5.13 Å². The van der Waals surface area contributed by atoms with Crippen molar-refractivity contribution in [2.45, 2.75) is 13.8 Å². The van der Waals surface area contributed by atoms with Crippen LogP contribution in [0, 0.1) is 13.8 Å². The van der Waals surface area contributed by atoms with Gasteiger partial charge in [0.25, 0.3) is 5.91 Å². The fraction of sp³-hybridized carbons (Fsp3) is 0.450. The van der Waals surface area contributed by atoms with E-state index in [1.165, 1.54) is 5.56 Å². The van der Waals surface area contributed by atoms with E-state index in [9.17, 15) is 4.79 Å². The lowest BCUT2D eigenvalue weighted by Crippen LogP contribution is -2.43. The minimum Gasteiger partial charge on any atom is -0.379 e. The lowest BCUT2D eigenvalue weighted by molar-refractivity contribution is 0.0390. The molecule has 0 N–H and O–H groups in total. The maximum atomic E-state index is 13.3. The van der Waals surface area contributed by atoms with E-state index in [-0.39, 0.29) is 5.91 Å². The van der Waals surface area contributed by atoms with Gasteiger partial charge >= 0.3 is 0 Å². The first-order valence-electron chi connectivity index (χ1n) is 9.50. The Hall–Kier alpha value is -2.29. The van der Waals surface area contributed by atoms with Gasteiger partial charge in [-0.1, -0.05) is 17.4 Å². The summed E-state index contributed by atoms with van der Waals surface area (Å²) in [6.07, 6.45) is 3.44. The third kappa shape index (κ3) is 3.67. The number of carbonyl (C=O) groups excluding carboxylic acids is 1. The van der Waals surface area contributed by atoms with Crippen molar-refractivity contribution >= 4 is 32.6 Å². The van der Waals surface area contributed by atoms with Gasteiger partial charge in [-0.15, -0.1) is 0 Å². The molecule has 1 aromatic carbocycles. The molecule has 1 amide bonds. The summed E-state index contributed by atoms with van der Waals surface area (Å²) in [4.78, 5) is 26.5. The van der Waals surface area contributed by atoms with Gasteiger partial charge in [-0.3, -0.25) is 14.6 Å². The number of aromatic nitrogens is 3. The number of amides is 1. The number of rotatable bonds is 5. The SMILES string of the molecule is Cc1ccc2sc(N(CCN3CCOCC3)C(=O)c3nccn3C)nc2c1C. The van der Waals surface area contributed by atoms with Gasteiger partial charge in [0.15, 0.2) is 11.0 Å². The molecule has 8 heteroatoms. The second-order valence-electron chi connectivity index (χ2n) is 7.12. The van der Waals surface area contributed by atoms with Crippen LogP contribution in [0.2, 0.25) is 0 Å². The maximum absolute atomic E-state index is 13.3. The first-order chi connectivity index (χ1) is 13.5. The number of ether oxygens (including phenoxy) is 1. The topological polar surface area (TPSA) is 63.5 Å². The Balaban J connectivity index is 1.66. The predicted molar refractivity (Wildman–Crippen MR) is 111 cm³/mol. The largest absolute Gasteiger partial charge is 0.379 e. The van der Waals surface area contributed by atoms with E-state index in [1.54, 1.807) is 33.2 Å². The number of carbonyl (C=O) groups is 1. The fourth-order valence-electron chi connectivity index (χ4n) is 3.37. The zero-order valence-corrected chi connectivity index (χ0v) is 17.3. The first-order valence-corrected chi connectivity index (χ1v) is 10.3. The first kappa shape index (κ1) is 19.0. The lowest BCUT2D eigenvalue weighted by atomic mass is 10.1. The summed E-state index contributed by atoms with van der Waals surface area (Å²) in [6.45, 7) is 8.80. The Kier molecular flexibility index (Phi) is 5.43. The Bertz CT molecular complexity index is 990. The lowest BCUT2D eigenvalue weighted by Gasteiger charge is -2.29. The molecule has 1 aliphatic heterocycles. The number of nitrogens with zero attached hydrogens (tertiary/aromatic N) is 5. The van der Waals surface area contributed by atoms with Crippen LogP contribution in [0.1, 0.15) is 21.7 Å². The van der Waals surface area contributed by atoms with Gasteiger partial charge in [-0.05, 0) is 31.0 Å². The molecular formula is C20H25N5O2S. The van der Waals surface area contributed by atoms with Crippen molar-refractivity contribution in [1.29, 1.82) is 0 Å². The molecule has 1 aliphatic rings. The molecule has 3 heterocycles. The van der Waals surface area contributed by atoms with E-state index in [4.69, 9.17) is 9.72 Å². The molecule has 0 spiro atoms. The highest BCUT2D eigenvalue weighted by molar-refractivity contribution is 7.22. The Morgan fingerprint density at radius 3 is 2.79 bits per heavy atom. The van der Waals surface area contributed by atoms with Crippen LogP contribution in [0.15, 0.2) is 24.5 Å². The highest BCUT2D eigenvalue weighted by atomic mass is 32.1. The molecule has 0 saturated carbocycles. The number of hydrogen-bond acceptors (Lipinski definition) is 6. The number of aryl methyl sites for hydroxylation is 3. The van der Waals surface area contributed by atoms with E-state index >= 15 is 0 Å². The summed E-state index contributed by atoms with van der Waals surface area (Å²) in [5.41, 5.74) is 3.35. The van der Waals surface area contributed by atoms with Crippen LogP contribution in [-0.2, 0) is 11.8 Å². The van der Waals surface area contributed by atoms with Gasteiger partial charge < -0.3 is 9.30 Å². The molecule has 2 aromatic heterocycles. The number of hydrogen-bond donors (Lipinski definition) is 0. The number of thiazole rings is 1. The second kappa shape index (κ2) is 7.98. The van der Waals surface area contributed by atoms with Gasteiger partial charge in [0.05, 0.1) is 23.4 Å². The number of benzene rings is 1. The quantitative estimate of drug-likeness (QED) is 0.660. The van der Waals surface area contributed by atoms with Crippen molar-refractivity contribution < 1.29 is 9.53 Å². The number of anilines is 1. The predicted octanol–water partition coefficient (Wildman–Crippen LogP) is 2.63. The summed E-state index contributed by atoms with van der Waals surface area (Å²) in [7, 11) is 1.84. The standard InChI is InChI=1S/C20H25N5O2S/c1-14-4-5-16-17(15(14)2)22-20(28-16)25(9-8-24-10-12-27-13-11-24)19(26)18-21-6-7-23(18)3/h4-7H,8-13H2,1-3H3. The van der Waals surface area contributed by atoms with Crippen LogP contribution in [-0.4, -0.2) is 64.7 Å². The molecule has 1 saturated heterocycles. The number of imidazole rings is 1. The smallest absolute Gasteiger partial charge is 0.296 e. The van der Waals surface area contributed by atoms with E-state index in [0.717, 1.165) is 53.8 Å². The van der Waals surface area contributed by atoms with Crippen LogP contribution in [0.25, 0.3) is 10.2 Å². The highest BCUT2D eigenvalue weighted by Gasteiger charge is 2.25. The fourth-order valence-corrected chi connectivity index (χ4v) is 4.42. The summed E-state index contributed by atoms with van der Waals surface area (Å²) in [5, 5.41) is 0.727. The van der Waals surface area contributed by atoms with E-state index in [0.29, 0.717) is 12.4 Å². The van der Waals surface area contributed by atoms with Crippen LogP contribution >= 0.6 is 11.3 Å². The summed E-state index contributed by atoms with van der Waals surface area (Å²) in [5.74, 6) is 0.309. The van der Waals surface area contributed by atoms with Crippen molar-refractivity contribution in [2.24, 2.45) is 7.05 Å². The molecule has 28 heavy (non-hydrogen) atoms. The number of fused-ring (bicyclic) bond motifs is 1. The van der Waals surface area contributed by atoms with Crippen LogP contribution < -0.4 is 4.90 Å². The zero-order chi connectivity index (χ0) is 19.7. The van der Waals surface area contributed by atoms with Gasteiger partial charge in [-0.2, -0.15) is 0 Å². The minimum atomic E-state index is -0.116. The van der Waals surface area contributed by atoms with Crippen molar-refractivity contribution in [3.8, 4) is 0 Å². The van der Waals surface area contributed by atoms with E-state index < -0.39 is 0 Å². The van der Waals surface area contributed by atoms with E-state index in [2.05, 4.69) is 35.9 Å². The molecule has 0 atom stereocenters. The highest BCUT2D eigenvalue weighted by Crippen LogP contribution is 2.32. The van der Waals surface area contributed by atoms with Gasteiger partial charge in [0.1, 0.15) is 0 Å². The molecule has 0 aliphatic carbocycles. The molecule has 0 unspecified atom stereocenters. The zero-order valence-electron chi connectivity index (χ0n) is 16.5. The summed E-state index contributed by atoms with van der Waals surface area (Å²) >= 11 is 1.56. The monoisotopic (exact) mass is 399 g/mol. The summed E-state index contributed by atoms with van der Waals surface area (Å²) in [6, 6.07) is 4.20. The molecule has 1 fully saturated rings. The molecular weight excluding hydrogens is 374 g/mol. The van der Waals surface area contributed by atoms with E-state index in [1.807, 2.05) is 7.05 Å². The Labute approximate surface area is 168 Å². The normalized spacial score (nSPS) is 15.2. The second-order valence-corrected chi connectivity index (χ2v) is 8.13. The van der Waals surface area contributed by atoms with Gasteiger partial charge in [0, 0.05) is 45.6 Å². The average Bonchev–Trinajstić information content (AvgIpc) is 3.32. The molecule has 0 radical (unpaired) electrons. The third-order valence-corrected chi connectivity index (χ3v) is 6.35. The van der Waals surface area contributed by atoms with Crippen molar-refractivity contribution in [3.63, 3.8) is 0 Å². The van der Waals surface area contributed by atoms with Gasteiger partial charge in [-0.25, -0.2) is 9.97 Å². The van der Waals surface area contributed by atoms with Crippen LogP contribution in [0.3, 0.4) is 0 Å². The summed E-state index contributed by atoms with van der Waals surface area (Å²) < 4.78 is 8.29. The number of morpholine rings is 1. The molecule has 148 valence electrons. The molecule has 3 aromatic rings. The van der Waals surface area contributed by atoms with Gasteiger partial charge in [0.2, 0.25) is 0 Å². The van der Waals surface area contributed by atoms with Crippen molar-refractivity contribution in [3.05, 3.63) is 41.5 Å². The molecule has 7 nitrogen and oxygen atoms in total. The van der Waals surface area contributed by atoms with Crippen LogP contribution in [0.5, 0.6) is 0 Å².